The lowest BCUT2D eigenvalue weighted by Crippen LogP contribution is -2.41. The Morgan fingerprint density at radius 1 is 1.28 bits per heavy atom. The molecule has 2 N–H and O–H groups in total. The lowest BCUT2D eigenvalue weighted by Gasteiger charge is -2.26. The fourth-order valence-electron chi connectivity index (χ4n) is 2.89. The third-order valence-electron chi connectivity index (χ3n) is 4.69. The van der Waals surface area contributed by atoms with Gasteiger partial charge in [-0.05, 0) is 24.0 Å². The predicted molar refractivity (Wildman–Crippen MR) is 97.6 cm³/mol. The number of aliphatic imine (C=N–C) groups is 1. The van der Waals surface area contributed by atoms with Crippen molar-refractivity contribution in [1.82, 2.24) is 9.21 Å². The van der Waals surface area contributed by atoms with Crippen LogP contribution in [0.15, 0.2) is 29.3 Å². The summed E-state index contributed by atoms with van der Waals surface area (Å²) >= 11 is 0. The number of hydrogen-bond donors (Lipinski definition) is 1. The van der Waals surface area contributed by atoms with E-state index in [1.165, 1.54) is 4.31 Å². The van der Waals surface area contributed by atoms with Crippen LogP contribution in [0.25, 0.3) is 0 Å². The first kappa shape index (κ1) is 18.2. The summed E-state index contributed by atoms with van der Waals surface area (Å²) in [7, 11) is -1.40. The van der Waals surface area contributed by atoms with Crippen molar-refractivity contribution in [2.45, 2.75) is 31.2 Å². The monoisotopic (exact) mass is 366 g/mol. The van der Waals surface area contributed by atoms with E-state index in [2.05, 4.69) is 4.99 Å². The number of nitrogens with zero attached hydrogens (tertiary/aromatic N) is 3. The van der Waals surface area contributed by atoms with E-state index in [0.29, 0.717) is 44.8 Å². The molecule has 138 valence electrons. The molecule has 2 aliphatic rings. The maximum atomic E-state index is 12.7. The Morgan fingerprint density at radius 3 is 2.56 bits per heavy atom. The summed E-state index contributed by atoms with van der Waals surface area (Å²) in [6, 6.07) is 8.02. The largest absolute Gasteiger partial charge is 0.379 e. The van der Waals surface area contributed by atoms with Crippen LogP contribution in [0.1, 0.15) is 24.0 Å². The average Bonchev–Trinajstić information content (AvgIpc) is 3.45. The van der Waals surface area contributed by atoms with Crippen molar-refractivity contribution >= 4 is 16.0 Å². The number of ether oxygens (including phenoxy) is 1. The van der Waals surface area contributed by atoms with E-state index in [1.807, 2.05) is 36.2 Å². The minimum atomic E-state index is -3.35. The SMILES string of the molecule is CN(C(N)=NCc1ccccc1CS(=O)(=O)N1CCOCC1)C1CC1. The third kappa shape index (κ3) is 4.71. The summed E-state index contributed by atoms with van der Waals surface area (Å²) in [4.78, 5) is 6.44. The summed E-state index contributed by atoms with van der Waals surface area (Å²) < 4.78 is 32.0. The number of sulfonamides is 1. The number of nitrogens with two attached hydrogens (primary N) is 1. The van der Waals surface area contributed by atoms with Crippen LogP contribution in [0.3, 0.4) is 0 Å². The first-order valence-electron chi connectivity index (χ1n) is 8.62. The maximum absolute atomic E-state index is 12.7. The highest BCUT2D eigenvalue weighted by atomic mass is 32.2. The summed E-state index contributed by atoms with van der Waals surface area (Å²) in [6.45, 7) is 2.13. The number of benzene rings is 1. The van der Waals surface area contributed by atoms with E-state index in [1.54, 1.807) is 0 Å². The van der Waals surface area contributed by atoms with Gasteiger partial charge in [-0.3, -0.25) is 0 Å². The predicted octanol–water partition coefficient (Wildman–Crippen LogP) is 0.758. The molecule has 1 aliphatic heterocycles. The molecule has 1 aliphatic carbocycles. The van der Waals surface area contributed by atoms with Crippen molar-refractivity contribution < 1.29 is 13.2 Å². The second-order valence-corrected chi connectivity index (χ2v) is 8.52. The molecule has 2 fully saturated rings. The van der Waals surface area contributed by atoms with Crippen LogP contribution in [-0.2, 0) is 27.1 Å². The average molecular weight is 366 g/mol. The van der Waals surface area contributed by atoms with E-state index in [4.69, 9.17) is 10.5 Å². The van der Waals surface area contributed by atoms with Gasteiger partial charge in [0.2, 0.25) is 10.0 Å². The lowest BCUT2D eigenvalue weighted by atomic mass is 10.1. The Hall–Kier alpha value is -1.64. The van der Waals surface area contributed by atoms with Crippen LogP contribution in [0.5, 0.6) is 0 Å². The fraction of sp³-hybridized carbons (Fsp3) is 0.588. The standard InChI is InChI=1S/C17H26N4O3S/c1-20(16-6-7-16)17(18)19-12-14-4-2-3-5-15(14)13-25(22,23)21-8-10-24-11-9-21/h2-5,16H,6-13H2,1H3,(H2,18,19). The molecule has 0 unspecified atom stereocenters. The van der Waals surface area contributed by atoms with Gasteiger partial charge in [0.25, 0.3) is 0 Å². The van der Waals surface area contributed by atoms with Gasteiger partial charge < -0.3 is 15.4 Å². The second kappa shape index (κ2) is 7.72. The van der Waals surface area contributed by atoms with Crippen molar-refractivity contribution in [3.63, 3.8) is 0 Å². The van der Waals surface area contributed by atoms with Crippen molar-refractivity contribution in [1.29, 1.82) is 0 Å². The Morgan fingerprint density at radius 2 is 1.92 bits per heavy atom. The van der Waals surface area contributed by atoms with Crippen molar-refractivity contribution in [2.75, 3.05) is 33.4 Å². The van der Waals surface area contributed by atoms with Gasteiger partial charge in [-0.15, -0.1) is 0 Å². The van der Waals surface area contributed by atoms with Crippen LogP contribution in [-0.4, -0.2) is 63.0 Å². The normalized spacial score (nSPS) is 19.8. The zero-order valence-electron chi connectivity index (χ0n) is 14.6. The quantitative estimate of drug-likeness (QED) is 0.593. The smallest absolute Gasteiger partial charge is 0.218 e. The summed E-state index contributed by atoms with van der Waals surface area (Å²) in [5, 5.41) is 0. The van der Waals surface area contributed by atoms with Gasteiger partial charge in [0.1, 0.15) is 0 Å². The van der Waals surface area contributed by atoms with E-state index >= 15 is 0 Å². The molecule has 7 nitrogen and oxygen atoms in total. The number of morpholine rings is 1. The van der Waals surface area contributed by atoms with E-state index in [0.717, 1.165) is 24.0 Å². The van der Waals surface area contributed by atoms with Gasteiger partial charge in [0.15, 0.2) is 5.96 Å². The van der Waals surface area contributed by atoms with Gasteiger partial charge in [-0.25, -0.2) is 13.4 Å². The molecule has 8 heteroatoms. The molecule has 1 aromatic carbocycles. The Labute approximate surface area is 149 Å². The zero-order valence-corrected chi connectivity index (χ0v) is 15.4. The molecule has 0 bridgehead atoms. The summed E-state index contributed by atoms with van der Waals surface area (Å²) in [5.74, 6) is 0.491. The van der Waals surface area contributed by atoms with Gasteiger partial charge in [0, 0.05) is 26.2 Å². The van der Waals surface area contributed by atoms with Gasteiger partial charge in [-0.1, -0.05) is 24.3 Å². The first-order chi connectivity index (χ1) is 12.0. The van der Waals surface area contributed by atoms with Gasteiger partial charge in [-0.2, -0.15) is 4.31 Å². The fourth-order valence-corrected chi connectivity index (χ4v) is 4.45. The minimum Gasteiger partial charge on any atom is -0.379 e. The minimum absolute atomic E-state index is 0.0168. The summed E-state index contributed by atoms with van der Waals surface area (Å²) in [5.41, 5.74) is 7.71. The number of rotatable bonds is 6. The molecule has 0 radical (unpaired) electrons. The van der Waals surface area contributed by atoms with Crippen molar-refractivity contribution in [3.8, 4) is 0 Å². The van der Waals surface area contributed by atoms with Crippen LogP contribution in [0.2, 0.25) is 0 Å². The van der Waals surface area contributed by atoms with Crippen LogP contribution in [0.4, 0.5) is 0 Å². The molecule has 3 rings (SSSR count). The molecular weight excluding hydrogens is 340 g/mol. The number of hydrogen-bond acceptors (Lipinski definition) is 4. The molecule has 1 saturated carbocycles. The maximum Gasteiger partial charge on any atom is 0.218 e. The highest BCUT2D eigenvalue weighted by molar-refractivity contribution is 7.88. The number of guanidine groups is 1. The zero-order chi connectivity index (χ0) is 17.9. The molecule has 0 amide bonds. The van der Waals surface area contributed by atoms with E-state index in [9.17, 15) is 8.42 Å². The van der Waals surface area contributed by atoms with E-state index < -0.39 is 10.0 Å². The molecule has 25 heavy (non-hydrogen) atoms. The Kier molecular flexibility index (Phi) is 5.61. The van der Waals surface area contributed by atoms with Crippen molar-refractivity contribution in [3.05, 3.63) is 35.4 Å². The molecule has 0 atom stereocenters. The van der Waals surface area contributed by atoms with Crippen LogP contribution in [0, 0.1) is 0 Å². The van der Waals surface area contributed by atoms with Crippen LogP contribution < -0.4 is 5.73 Å². The summed E-state index contributed by atoms with van der Waals surface area (Å²) in [6.07, 6.45) is 2.31. The lowest BCUT2D eigenvalue weighted by molar-refractivity contribution is 0.0729. The topological polar surface area (TPSA) is 88.2 Å². The molecule has 1 saturated heterocycles. The van der Waals surface area contributed by atoms with Gasteiger partial charge in [0.05, 0.1) is 25.5 Å². The second-order valence-electron chi connectivity index (χ2n) is 6.55. The molecule has 1 heterocycles. The molecule has 0 spiro atoms. The first-order valence-corrected chi connectivity index (χ1v) is 10.2. The Bertz CT molecular complexity index is 725. The highest BCUT2D eigenvalue weighted by Gasteiger charge is 2.27. The molecular formula is C17H26N4O3S. The van der Waals surface area contributed by atoms with Crippen LogP contribution >= 0.6 is 0 Å². The highest BCUT2D eigenvalue weighted by Crippen LogP contribution is 2.25. The molecule has 0 aromatic heterocycles. The van der Waals surface area contributed by atoms with E-state index in [-0.39, 0.29) is 5.75 Å². The third-order valence-corrected chi connectivity index (χ3v) is 6.51. The Balaban J connectivity index is 1.71. The molecule has 1 aromatic rings. The van der Waals surface area contributed by atoms with Crippen molar-refractivity contribution in [2.24, 2.45) is 10.7 Å². The van der Waals surface area contributed by atoms with Gasteiger partial charge >= 0.3 is 0 Å².